The molecular formula is C23H27NO2SSi. The van der Waals surface area contributed by atoms with E-state index in [2.05, 4.69) is 36.0 Å². The summed E-state index contributed by atoms with van der Waals surface area (Å²) in [7, 11) is -5.86. The number of sulfonamides is 1. The molecule has 0 unspecified atom stereocenters. The molecule has 3 nitrogen and oxygen atoms in total. The van der Waals surface area contributed by atoms with Crippen LogP contribution in [0.3, 0.4) is 0 Å². The highest BCUT2D eigenvalue weighted by Crippen LogP contribution is 2.28. The lowest BCUT2D eigenvalue weighted by molar-refractivity contribution is 0.577. The van der Waals surface area contributed by atoms with Crippen LogP contribution in [0.15, 0.2) is 83.8 Å². The zero-order valence-electron chi connectivity index (χ0n) is 16.8. The van der Waals surface area contributed by atoms with E-state index in [1.807, 2.05) is 62.4 Å². The molecule has 0 aliphatic heterocycles. The normalized spacial score (nSPS) is 13.3. The number of nitrogens with one attached hydrogen (secondary N) is 1. The summed E-state index contributed by atoms with van der Waals surface area (Å²) in [6.45, 7) is 8.41. The van der Waals surface area contributed by atoms with Crippen LogP contribution in [0.4, 0.5) is 0 Å². The Morgan fingerprint density at radius 3 is 2.04 bits per heavy atom. The third kappa shape index (κ3) is 4.43. The molecule has 0 heterocycles. The highest BCUT2D eigenvalue weighted by Gasteiger charge is 2.37. The van der Waals surface area contributed by atoms with Crippen LogP contribution in [0, 0.1) is 13.8 Å². The molecule has 1 atom stereocenters. The first-order chi connectivity index (χ1) is 13.2. The lowest BCUT2D eigenvalue weighted by Crippen LogP contribution is -2.54. The van der Waals surface area contributed by atoms with E-state index in [4.69, 9.17) is 0 Å². The van der Waals surface area contributed by atoms with Gasteiger partial charge in [-0.05, 0) is 31.5 Å². The van der Waals surface area contributed by atoms with Crippen molar-refractivity contribution in [3.8, 4) is 0 Å². The van der Waals surface area contributed by atoms with Gasteiger partial charge in [0.2, 0.25) is 10.0 Å². The van der Waals surface area contributed by atoms with Gasteiger partial charge in [0.15, 0.2) is 0 Å². The van der Waals surface area contributed by atoms with Crippen LogP contribution in [0.2, 0.25) is 13.1 Å². The van der Waals surface area contributed by atoms with Gasteiger partial charge in [0.1, 0.15) is 8.07 Å². The quantitative estimate of drug-likeness (QED) is 0.610. The Balaban J connectivity index is 2.08. The molecule has 0 amide bonds. The molecule has 3 aromatic rings. The van der Waals surface area contributed by atoms with Gasteiger partial charge in [-0.15, -0.1) is 0 Å². The van der Waals surface area contributed by atoms with Gasteiger partial charge in [0.05, 0.1) is 4.90 Å². The van der Waals surface area contributed by atoms with Crippen molar-refractivity contribution in [2.75, 3.05) is 0 Å². The summed E-state index contributed by atoms with van der Waals surface area (Å²) in [6, 6.07) is 25.4. The minimum atomic E-state index is -3.64. The largest absolute Gasteiger partial charge is 0.240 e. The van der Waals surface area contributed by atoms with Gasteiger partial charge in [-0.1, -0.05) is 96.1 Å². The fourth-order valence-electron chi connectivity index (χ4n) is 3.46. The SMILES string of the molecule is Cc1ccc(S(=O)(=O)N[C@@H](c2cccc(C)c2)[Si](C)(C)c2ccccc2)cc1. The van der Waals surface area contributed by atoms with E-state index < -0.39 is 18.1 Å². The molecule has 0 aliphatic carbocycles. The second-order valence-corrected chi connectivity index (χ2v) is 14.2. The number of hydrogen-bond donors (Lipinski definition) is 1. The zero-order chi connectivity index (χ0) is 20.4. The Bertz CT molecular complexity index is 1050. The minimum Gasteiger partial charge on any atom is -0.207 e. The summed E-state index contributed by atoms with van der Waals surface area (Å²) in [5, 5.41) is 1.22. The van der Waals surface area contributed by atoms with Crippen LogP contribution in [0.5, 0.6) is 0 Å². The van der Waals surface area contributed by atoms with Gasteiger partial charge in [-0.2, -0.15) is 0 Å². The Hall–Kier alpha value is -2.21. The highest BCUT2D eigenvalue weighted by atomic mass is 32.2. The monoisotopic (exact) mass is 409 g/mol. The Morgan fingerprint density at radius 1 is 0.786 bits per heavy atom. The van der Waals surface area contributed by atoms with Crippen molar-refractivity contribution in [3.05, 3.63) is 95.6 Å². The first-order valence-electron chi connectivity index (χ1n) is 9.41. The molecular weight excluding hydrogens is 382 g/mol. The average molecular weight is 410 g/mol. The highest BCUT2D eigenvalue weighted by molar-refractivity contribution is 7.89. The number of benzene rings is 3. The maximum Gasteiger partial charge on any atom is 0.240 e. The molecule has 28 heavy (non-hydrogen) atoms. The molecule has 5 heteroatoms. The van der Waals surface area contributed by atoms with Gasteiger partial charge in [-0.25, -0.2) is 13.1 Å². The molecule has 3 rings (SSSR count). The third-order valence-electron chi connectivity index (χ3n) is 5.22. The van der Waals surface area contributed by atoms with Crippen LogP contribution >= 0.6 is 0 Å². The first-order valence-corrected chi connectivity index (χ1v) is 14.0. The van der Waals surface area contributed by atoms with Gasteiger partial charge >= 0.3 is 0 Å². The van der Waals surface area contributed by atoms with E-state index in [1.165, 1.54) is 5.19 Å². The van der Waals surface area contributed by atoms with Crippen molar-refractivity contribution in [1.29, 1.82) is 0 Å². The second kappa shape index (κ2) is 8.03. The van der Waals surface area contributed by atoms with Gasteiger partial charge in [0, 0.05) is 5.67 Å². The molecule has 3 aromatic carbocycles. The van der Waals surface area contributed by atoms with Crippen molar-refractivity contribution < 1.29 is 8.42 Å². The third-order valence-corrected chi connectivity index (χ3v) is 10.6. The topological polar surface area (TPSA) is 46.2 Å². The molecule has 0 fully saturated rings. The number of aryl methyl sites for hydroxylation is 2. The molecule has 1 N–H and O–H groups in total. The van der Waals surface area contributed by atoms with Crippen LogP contribution in [-0.4, -0.2) is 16.5 Å². The van der Waals surface area contributed by atoms with E-state index >= 15 is 0 Å². The van der Waals surface area contributed by atoms with Gasteiger partial charge < -0.3 is 0 Å². The van der Waals surface area contributed by atoms with Crippen LogP contribution in [0.25, 0.3) is 0 Å². The van der Waals surface area contributed by atoms with E-state index in [1.54, 1.807) is 12.1 Å². The first kappa shape index (κ1) is 20.5. The summed E-state index contributed by atoms with van der Waals surface area (Å²) < 4.78 is 29.4. The van der Waals surface area contributed by atoms with Crippen LogP contribution in [0.1, 0.15) is 22.4 Å². The summed E-state index contributed by atoms with van der Waals surface area (Å²) in [4.78, 5) is 0.300. The zero-order valence-corrected chi connectivity index (χ0v) is 18.6. The minimum absolute atomic E-state index is 0.277. The molecule has 146 valence electrons. The van der Waals surface area contributed by atoms with E-state index in [9.17, 15) is 8.42 Å². The molecule has 0 saturated heterocycles. The fourth-order valence-corrected chi connectivity index (χ4v) is 8.58. The van der Waals surface area contributed by atoms with Crippen LogP contribution in [-0.2, 0) is 10.0 Å². The van der Waals surface area contributed by atoms with Crippen molar-refractivity contribution in [2.24, 2.45) is 0 Å². The molecule has 0 aliphatic rings. The maximum absolute atomic E-state index is 13.2. The van der Waals surface area contributed by atoms with Crippen molar-refractivity contribution in [2.45, 2.75) is 37.5 Å². The Morgan fingerprint density at radius 2 is 1.43 bits per heavy atom. The lowest BCUT2D eigenvalue weighted by atomic mass is 10.1. The summed E-state index contributed by atoms with van der Waals surface area (Å²) in [6.07, 6.45) is 0. The molecule has 0 spiro atoms. The predicted molar refractivity (Wildman–Crippen MR) is 119 cm³/mol. The van der Waals surface area contributed by atoms with E-state index in [-0.39, 0.29) is 5.67 Å². The van der Waals surface area contributed by atoms with Crippen molar-refractivity contribution >= 4 is 23.3 Å². The smallest absolute Gasteiger partial charge is 0.207 e. The van der Waals surface area contributed by atoms with Gasteiger partial charge in [-0.3, -0.25) is 0 Å². The Labute approximate surface area is 169 Å². The Kier molecular flexibility index (Phi) is 5.89. The second-order valence-electron chi connectivity index (χ2n) is 7.87. The average Bonchev–Trinajstić information content (AvgIpc) is 2.67. The molecule has 0 aromatic heterocycles. The molecule has 0 saturated carbocycles. The van der Waals surface area contributed by atoms with E-state index in [0.29, 0.717) is 4.90 Å². The predicted octanol–water partition coefficient (Wildman–Crippen LogP) is 4.48. The maximum atomic E-state index is 13.2. The molecule has 0 radical (unpaired) electrons. The lowest BCUT2D eigenvalue weighted by Gasteiger charge is -2.34. The summed E-state index contributed by atoms with van der Waals surface area (Å²) in [5.41, 5.74) is 2.89. The summed E-state index contributed by atoms with van der Waals surface area (Å²) in [5.74, 6) is 0. The van der Waals surface area contributed by atoms with Crippen molar-refractivity contribution in [3.63, 3.8) is 0 Å². The molecule has 0 bridgehead atoms. The van der Waals surface area contributed by atoms with Crippen molar-refractivity contribution in [1.82, 2.24) is 4.72 Å². The summed E-state index contributed by atoms with van der Waals surface area (Å²) >= 11 is 0. The van der Waals surface area contributed by atoms with E-state index in [0.717, 1.165) is 16.7 Å². The van der Waals surface area contributed by atoms with Gasteiger partial charge in [0.25, 0.3) is 0 Å². The number of hydrogen-bond acceptors (Lipinski definition) is 2. The standard InChI is InChI=1S/C23H27NO2SSi/c1-18-13-15-21(16-14-18)27(25,26)24-23(20-10-8-9-19(2)17-20)28(3,4)22-11-6-5-7-12-22/h5-17,23-24H,1-4H3/t23-/m1/s1. The fraction of sp³-hybridized carbons (Fsp3) is 0.217. The van der Waals surface area contributed by atoms with Crippen LogP contribution < -0.4 is 9.91 Å². The number of rotatable bonds is 6.